The number of Topliss-reactive ketones (excluding diaryl/α,β-unsaturated/α-hetero) is 1. The molecular formula is C16H18N2O. The number of pyridine rings is 1. The van der Waals surface area contributed by atoms with Crippen LogP contribution in [-0.4, -0.2) is 23.9 Å². The third-order valence-corrected chi connectivity index (χ3v) is 4.17. The minimum absolute atomic E-state index is 0.235. The van der Waals surface area contributed by atoms with Gasteiger partial charge < -0.3 is 5.32 Å². The second-order valence-electron chi connectivity index (χ2n) is 5.55. The van der Waals surface area contributed by atoms with Crippen LogP contribution in [0.4, 0.5) is 0 Å². The minimum Gasteiger partial charge on any atom is -0.317 e. The molecule has 2 aromatic rings. The summed E-state index contributed by atoms with van der Waals surface area (Å²) in [5, 5.41) is 5.36. The van der Waals surface area contributed by atoms with Gasteiger partial charge in [-0.2, -0.15) is 0 Å². The second kappa shape index (κ2) is 4.74. The summed E-state index contributed by atoms with van der Waals surface area (Å²) in [6.07, 6.45) is 5.33. The van der Waals surface area contributed by atoms with E-state index in [1.807, 2.05) is 30.5 Å². The summed E-state index contributed by atoms with van der Waals surface area (Å²) >= 11 is 0. The Balaban J connectivity index is 2.06. The third kappa shape index (κ3) is 2.15. The van der Waals surface area contributed by atoms with Crippen molar-refractivity contribution in [2.24, 2.45) is 5.41 Å². The first kappa shape index (κ1) is 12.3. The number of hydrogen-bond donors (Lipinski definition) is 1. The summed E-state index contributed by atoms with van der Waals surface area (Å²) in [6, 6.07) is 7.97. The zero-order valence-electron chi connectivity index (χ0n) is 11.1. The average molecular weight is 254 g/mol. The van der Waals surface area contributed by atoms with Crippen molar-refractivity contribution in [2.45, 2.75) is 19.8 Å². The predicted molar refractivity (Wildman–Crippen MR) is 76.3 cm³/mol. The zero-order chi connectivity index (χ0) is 13.3. The molecule has 0 radical (unpaired) electrons. The molecule has 1 aliphatic heterocycles. The molecule has 0 unspecified atom stereocenters. The fraction of sp³-hybridized carbons (Fsp3) is 0.375. The molecule has 1 saturated heterocycles. The maximum absolute atomic E-state index is 12.9. The number of carbonyl (C=O) groups is 1. The quantitative estimate of drug-likeness (QED) is 0.838. The fourth-order valence-electron chi connectivity index (χ4n) is 2.83. The number of rotatable bonds is 2. The van der Waals surface area contributed by atoms with Gasteiger partial charge in [0, 0.05) is 28.8 Å². The Morgan fingerprint density at radius 1 is 1.21 bits per heavy atom. The number of benzene rings is 1. The highest BCUT2D eigenvalue weighted by molar-refractivity contribution is 6.10. The van der Waals surface area contributed by atoms with Crippen molar-refractivity contribution in [1.82, 2.24) is 10.3 Å². The van der Waals surface area contributed by atoms with E-state index in [0.29, 0.717) is 0 Å². The second-order valence-corrected chi connectivity index (χ2v) is 5.55. The summed E-state index contributed by atoms with van der Waals surface area (Å²) < 4.78 is 0. The van der Waals surface area contributed by atoms with Crippen molar-refractivity contribution in [1.29, 1.82) is 0 Å². The number of aromatic nitrogens is 1. The molecule has 1 aliphatic rings. The molecule has 19 heavy (non-hydrogen) atoms. The molecule has 0 aliphatic carbocycles. The lowest BCUT2D eigenvalue weighted by Gasteiger charge is -2.32. The molecule has 3 heteroatoms. The lowest BCUT2D eigenvalue weighted by Crippen LogP contribution is -2.40. The first-order valence-electron chi connectivity index (χ1n) is 6.79. The smallest absolute Gasteiger partial charge is 0.170 e. The Morgan fingerprint density at radius 3 is 2.74 bits per heavy atom. The van der Waals surface area contributed by atoms with Crippen LogP contribution >= 0.6 is 0 Å². The molecule has 0 amide bonds. The summed E-state index contributed by atoms with van der Waals surface area (Å²) in [5.41, 5.74) is 0.513. The number of carbonyl (C=O) groups excluding carboxylic acids is 1. The van der Waals surface area contributed by atoms with Crippen LogP contribution in [0, 0.1) is 5.41 Å². The number of nitrogens with one attached hydrogen (secondary N) is 1. The summed E-state index contributed by atoms with van der Waals surface area (Å²) in [5.74, 6) is 0.235. The third-order valence-electron chi connectivity index (χ3n) is 4.17. The van der Waals surface area contributed by atoms with Crippen molar-refractivity contribution in [2.75, 3.05) is 13.1 Å². The largest absolute Gasteiger partial charge is 0.317 e. The van der Waals surface area contributed by atoms with Crippen molar-refractivity contribution in [3.8, 4) is 0 Å². The van der Waals surface area contributed by atoms with Gasteiger partial charge in [0.15, 0.2) is 5.78 Å². The average Bonchev–Trinajstić information content (AvgIpc) is 2.47. The SMILES string of the molecule is CC1(C(=O)c2cncc3ccccc23)CCNCC1. The van der Waals surface area contributed by atoms with Gasteiger partial charge in [-0.3, -0.25) is 9.78 Å². The van der Waals surface area contributed by atoms with Crippen LogP contribution in [0.5, 0.6) is 0 Å². The predicted octanol–water partition coefficient (Wildman–Crippen LogP) is 2.81. The van der Waals surface area contributed by atoms with Crippen LogP contribution in [0.15, 0.2) is 36.7 Å². The molecule has 1 fully saturated rings. The first-order chi connectivity index (χ1) is 9.21. The maximum Gasteiger partial charge on any atom is 0.170 e. The molecule has 1 aromatic carbocycles. The van der Waals surface area contributed by atoms with E-state index in [9.17, 15) is 4.79 Å². The molecule has 98 valence electrons. The highest BCUT2D eigenvalue weighted by Crippen LogP contribution is 2.33. The van der Waals surface area contributed by atoms with E-state index < -0.39 is 0 Å². The van der Waals surface area contributed by atoms with Gasteiger partial charge in [0.25, 0.3) is 0 Å². The topological polar surface area (TPSA) is 42.0 Å². The molecule has 1 N–H and O–H groups in total. The summed E-state index contributed by atoms with van der Waals surface area (Å²) in [6.45, 7) is 3.92. The molecule has 3 rings (SSSR count). The Morgan fingerprint density at radius 2 is 1.95 bits per heavy atom. The van der Waals surface area contributed by atoms with Crippen LogP contribution in [0.2, 0.25) is 0 Å². The van der Waals surface area contributed by atoms with Crippen molar-refractivity contribution >= 4 is 16.6 Å². The minimum atomic E-state index is -0.253. The summed E-state index contributed by atoms with van der Waals surface area (Å²) in [4.78, 5) is 17.1. The van der Waals surface area contributed by atoms with Crippen molar-refractivity contribution in [3.05, 3.63) is 42.2 Å². The van der Waals surface area contributed by atoms with Gasteiger partial charge in [0.2, 0.25) is 0 Å². The van der Waals surface area contributed by atoms with E-state index in [0.717, 1.165) is 42.3 Å². The lowest BCUT2D eigenvalue weighted by molar-refractivity contribution is 0.0764. The molecule has 2 heterocycles. The number of ketones is 1. The van der Waals surface area contributed by atoms with Crippen LogP contribution in [0.1, 0.15) is 30.1 Å². The molecule has 0 bridgehead atoms. The molecule has 0 atom stereocenters. The summed E-state index contributed by atoms with van der Waals surface area (Å²) in [7, 11) is 0. The lowest BCUT2D eigenvalue weighted by atomic mass is 9.74. The van der Waals surface area contributed by atoms with Crippen LogP contribution in [-0.2, 0) is 0 Å². The Labute approximate surface area is 113 Å². The first-order valence-corrected chi connectivity index (χ1v) is 6.79. The van der Waals surface area contributed by atoms with E-state index in [1.54, 1.807) is 6.20 Å². The van der Waals surface area contributed by atoms with Gasteiger partial charge in [-0.05, 0) is 31.3 Å². The molecule has 0 saturated carbocycles. The highest BCUT2D eigenvalue weighted by atomic mass is 16.1. The number of nitrogens with zero attached hydrogens (tertiary/aromatic N) is 1. The number of hydrogen-bond acceptors (Lipinski definition) is 3. The fourth-order valence-corrected chi connectivity index (χ4v) is 2.83. The monoisotopic (exact) mass is 254 g/mol. The molecule has 1 aromatic heterocycles. The number of piperidine rings is 1. The van der Waals surface area contributed by atoms with Gasteiger partial charge in [0.05, 0.1) is 0 Å². The van der Waals surface area contributed by atoms with Crippen molar-refractivity contribution < 1.29 is 4.79 Å². The normalized spacial score (nSPS) is 18.4. The number of fused-ring (bicyclic) bond motifs is 1. The van der Waals surface area contributed by atoms with Gasteiger partial charge in [0.1, 0.15) is 0 Å². The Bertz CT molecular complexity index is 610. The van der Waals surface area contributed by atoms with Crippen molar-refractivity contribution in [3.63, 3.8) is 0 Å². The van der Waals surface area contributed by atoms with E-state index in [-0.39, 0.29) is 11.2 Å². The zero-order valence-corrected chi connectivity index (χ0v) is 11.1. The van der Waals surface area contributed by atoms with Gasteiger partial charge in [-0.1, -0.05) is 31.2 Å². The molecule has 3 nitrogen and oxygen atoms in total. The Kier molecular flexibility index (Phi) is 3.07. The maximum atomic E-state index is 12.9. The van der Waals surface area contributed by atoms with E-state index in [4.69, 9.17) is 0 Å². The molecular weight excluding hydrogens is 236 g/mol. The van der Waals surface area contributed by atoms with E-state index in [2.05, 4.69) is 17.2 Å². The van der Waals surface area contributed by atoms with Crippen LogP contribution < -0.4 is 5.32 Å². The van der Waals surface area contributed by atoms with Crippen LogP contribution in [0.3, 0.4) is 0 Å². The standard InChI is InChI=1S/C16H18N2O/c1-16(6-8-17-9-7-16)15(19)14-11-18-10-12-4-2-3-5-13(12)14/h2-5,10-11,17H,6-9H2,1H3. The molecule has 0 spiro atoms. The van der Waals surface area contributed by atoms with Crippen LogP contribution in [0.25, 0.3) is 10.8 Å². The van der Waals surface area contributed by atoms with Gasteiger partial charge >= 0.3 is 0 Å². The van der Waals surface area contributed by atoms with Gasteiger partial charge in [-0.15, -0.1) is 0 Å². The van der Waals surface area contributed by atoms with E-state index >= 15 is 0 Å². The van der Waals surface area contributed by atoms with Gasteiger partial charge in [-0.25, -0.2) is 0 Å². The van der Waals surface area contributed by atoms with E-state index in [1.165, 1.54) is 0 Å². The highest BCUT2D eigenvalue weighted by Gasteiger charge is 2.35. The Hall–Kier alpha value is -1.74.